The molecule has 3 N–H and O–H groups in total. The van der Waals surface area contributed by atoms with Crippen molar-refractivity contribution in [2.24, 2.45) is 4.99 Å². The molecule has 2 saturated heterocycles. The second-order valence-corrected chi connectivity index (χ2v) is 7.94. The van der Waals surface area contributed by atoms with Gasteiger partial charge in [-0.3, -0.25) is 4.99 Å². The van der Waals surface area contributed by atoms with Gasteiger partial charge in [0.2, 0.25) is 0 Å². The molecule has 0 amide bonds. The Morgan fingerprint density at radius 2 is 2.13 bits per heavy atom. The maximum Gasteiger partial charge on any atom is 0.191 e. The van der Waals surface area contributed by atoms with Crippen LogP contribution in [-0.2, 0) is 0 Å². The number of nitrogens with one attached hydrogen (secondary N) is 2. The van der Waals surface area contributed by atoms with Crippen molar-refractivity contribution in [3.63, 3.8) is 0 Å². The third kappa shape index (κ3) is 6.51. The van der Waals surface area contributed by atoms with Gasteiger partial charge in [0, 0.05) is 31.4 Å². The summed E-state index contributed by atoms with van der Waals surface area (Å²) in [7, 11) is 0. The van der Waals surface area contributed by atoms with Crippen LogP contribution >= 0.6 is 11.8 Å². The quantitative estimate of drug-likeness (QED) is 0.485. The highest BCUT2D eigenvalue weighted by Crippen LogP contribution is 2.27. The van der Waals surface area contributed by atoms with Gasteiger partial charge in [-0.05, 0) is 44.9 Å². The largest absolute Gasteiger partial charge is 0.387 e. The van der Waals surface area contributed by atoms with Gasteiger partial charge in [-0.1, -0.05) is 13.3 Å². The molecule has 134 valence electrons. The minimum Gasteiger partial charge on any atom is -0.387 e. The maximum absolute atomic E-state index is 10.4. The Morgan fingerprint density at radius 1 is 1.35 bits per heavy atom. The standard InChI is InChI=1S/C17H34N4OS/c1-3-5-9-21-10-6-15(7-11-21)20-16(18-4-2)19-13-17(22)8-12-23-14-17/h15,22H,3-14H2,1-2H3,(H2,18,19,20). The minimum absolute atomic E-state index is 0.498. The average Bonchev–Trinajstić information content (AvgIpc) is 2.99. The van der Waals surface area contributed by atoms with Crippen molar-refractivity contribution < 1.29 is 5.11 Å². The number of likely N-dealkylation sites (tertiary alicyclic amines) is 1. The Morgan fingerprint density at radius 3 is 2.74 bits per heavy atom. The smallest absolute Gasteiger partial charge is 0.191 e. The summed E-state index contributed by atoms with van der Waals surface area (Å²) in [6.45, 7) is 9.30. The van der Waals surface area contributed by atoms with Crippen molar-refractivity contribution in [3.8, 4) is 0 Å². The van der Waals surface area contributed by atoms with Crippen LogP contribution in [0.4, 0.5) is 0 Å². The Bertz CT molecular complexity index is 364. The van der Waals surface area contributed by atoms with E-state index in [1.165, 1.54) is 45.3 Å². The molecule has 2 rings (SSSR count). The Labute approximate surface area is 145 Å². The van der Waals surface area contributed by atoms with Crippen LogP contribution in [0.3, 0.4) is 0 Å². The SMILES string of the molecule is CCCCN1CCC(NC(=NCC2(O)CCSC2)NCC)CC1. The predicted octanol–water partition coefficient (Wildman–Crippen LogP) is 1.67. The van der Waals surface area contributed by atoms with Crippen molar-refractivity contribution >= 4 is 17.7 Å². The molecule has 0 spiro atoms. The van der Waals surface area contributed by atoms with Gasteiger partial charge >= 0.3 is 0 Å². The van der Waals surface area contributed by atoms with Crippen molar-refractivity contribution in [1.29, 1.82) is 0 Å². The van der Waals surface area contributed by atoms with E-state index in [-0.39, 0.29) is 0 Å². The third-order valence-corrected chi connectivity index (χ3v) is 5.95. The monoisotopic (exact) mass is 342 g/mol. The molecule has 0 aliphatic carbocycles. The van der Waals surface area contributed by atoms with E-state index >= 15 is 0 Å². The average molecular weight is 343 g/mol. The van der Waals surface area contributed by atoms with Crippen LogP contribution in [0, 0.1) is 0 Å². The van der Waals surface area contributed by atoms with Crippen LogP contribution < -0.4 is 10.6 Å². The number of nitrogens with zero attached hydrogens (tertiary/aromatic N) is 2. The fraction of sp³-hybridized carbons (Fsp3) is 0.941. The Hall–Kier alpha value is -0.460. The molecule has 1 atom stereocenters. The summed E-state index contributed by atoms with van der Waals surface area (Å²) in [6, 6.07) is 0.498. The first-order valence-electron chi connectivity index (χ1n) is 9.22. The van der Waals surface area contributed by atoms with Crippen molar-refractivity contribution in [1.82, 2.24) is 15.5 Å². The molecule has 0 saturated carbocycles. The lowest BCUT2D eigenvalue weighted by molar-refractivity contribution is 0.0778. The summed E-state index contributed by atoms with van der Waals surface area (Å²) >= 11 is 1.82. The molecule has 2 heterocycles. The molecule has 2 aliphatic heterocycles. The van der Waals surface area contributed by atoms with E-state index in [1.807, 2.05) is 11.8 Å². The van der Waals surface area contributed by atoms with Gasteiger partial charge in [0.1, 0.15) is 0 Å². The molecule has 6 heteroatoms. The van der Waals surface area contributed by atoms with Crippen molar-refractivity contribution in [2.45, 2.75) is 57.6 Å². The van der Waals surface area contributed by atoms with Crippen molar-refractivity contribution in [2.75, 3.05) is 44.2 Å². The summed E-state index contributed by atoms with van der Waals surface area (Å²) < 4.78 is 0. The second kappa shape index (κ2) is 9.74. The fourth-order valence-electron chi connectivity index (χ4n) is 3.14. The van der Waals surface area contributed by atoms with E-state index in [0.717, 1.165) is 30.4 Å². The fourth-order valence-corrected chi connectivity index (χ4v) is 4.43. The van der Waals surface area contributed by atoms with E-state index in [2.05, 4.69) is 34.4 Å². The zero-order chi connectivity index (χ0) is 16.5. The molecule has 1 unspecified atom stereocenters. The summed E-state index contributed by atoms with van der Waals surface area (Å²) in [5.41, 5.74) is -0.601. The van der Waals surface area contributed by atoms with Crippen LogP contribution in [0.5, 0.6) is 0 Å². The number of piperidine rings is 1. The van der Waals surface area contributed by atoms with E-state index in [1.54, 1.807) is 0 Å². The zero-order valence-electron chi connectivity index (χ0n) is 14.8. The number of rotatable bonds is 7. The number of guanidine groups is 1. The maximum atomic E-state index is 10.4. The lowest BCUT2D eigenvalue weighted by Gasteiger charge is -2.33. The summed E-state index contributed by atoms with van der Waals surface area (Å²) in [5, 5.41) is 17.3. The first-order chi connectivity index (χ1) is 11.1. The van der Waals surface area contributed by atoms with Crippen LogP contribution in [0.25, 0.3) is 0 Å². The van der Waals surface area contributed by atoms with Crippen LogP contribution in [0.15, 0.2) is 4.99 Å². The van der Waals surface area contributed by atoms with E-state index in [0.29, 0.717) is 12.6 Å². The highest BCUT2D eigenvalue weighted by Gasteiger charge is 2.31. The molecule has 2 aliphatic rings. The van der Waals surface area contributed by atoms with Gasteiger partial charge < -0.3 is 20.6 Å². The Balaban J connectivity index is 1.78. The number of unbranched alkanes of at least 4 members (excludes halogenated alkanes) is 1. The summed E-state index contributed by atoms with van der Waals surface area (Å²) in [4.78, 5) is 7.22. The van der Waals surface area contributed by atoms with Gasteiger partial charge in [-0.25, -0.2) is 0 Å². The van der Waals surface area contributed by atoms with E-state index < -0.39 is 5.60 Å². The summed E-state index contributed by atoms with van der Waals surface area (Å²) in [6.07, 6.45) is 5.79. The van der Waals surface area contributed by atoms with Gasteiger partial charge in [-0.15, -0.1) is 0 Å². The first-order valence-corrected chi connectivity index (χ1v) is 10.4. The van der Waals surface area contributed by atoms with Gasteiger partial charge in [0.05, 0.1) is 12.1 Å². The molecule has 0 aromatic carbocycles. The van der Waals surface area contributed by atoms with Gasteiger partial charge in [0.15, 0.2) is 5.96 Å². The number of hydrogen-bond donors (Lipinski definition) is 3. The minimum atomic E-state index is -0.601. The molecule has 0 bridgehead atoms. The van der Waals surface area contributed by atoms with Crippen molar-refractivity contribution in [3.05, 3.63) is 0 Å². The van der Waals surface area contributed by atoms with Crippen LogP contribution in [0.2, 0.25) is 0 Å². The molecular weight excluding hydrogens is 308 g/mol. The molecule has 0 aromatic rings. The normalized spacial score (nSPS) is 27.3. The molecule has 5 nitrogen and oxygen atoms in total. The molecule has 23 heavy (non-hydrogen) atoms. The number of aliphatic hydroxyl groups is 1. The molecule has 0 aromatic heterocycles. The lowest BCUT2D eigenvalue weighted by Crippen LogP contribution is -2.49. The highest BCUT2D eigenvalue weighted by atomic mass is 32.2. The predicted molar refractivity (Wildman–Crippen MR) is 100 cm³/mol. The Kier molecular flexibility index (Phi) is 7.99. The van der Waals surface area contributed by atoms with Crippen LogP contribution in [-0.4, -0.2) is 71.8 Å². The van der Waals surface area contributed by atoms with E-state index in [9.17, 15) is 5.11 Å². The zero-order valence-corrected chi connectivity index (χ0v) is 15.6. The number of aliphatic imine (C=N–C) groups is 1. The summed E-state index contributed by atoms with van der Waals surface area (Å²) in [5.74, 6) is 2.72. The molecule has 0 radical (unpaired) electrons. The highest BCUT2D eigenvalue weighted by molar-refractivity contribution is 7.99. The first kappa shape index (κ1) is 18.9. The van der Waals surface area contributed by atoms with Gasteiger partial charge in [0.25, 0.3) is 0 Å². The van der Waals surface area contributed by atoms with E-state index in [4.69, 9.17) is 0 Å². The lowest BCUT2D eigenvalue weighted by atomic mass is 10.0. The topological polar surface area (TPSA) is 59.9 Å². The number of thioether (sulfide) groups is 1. The second-order valence-electron chi connectivity index (χ2n) is 6.84. The van der Waals surface area contributed by atoms with Gasteiger partial charge in [-0.2, -0.15) is 11.8 Å². The molecular formula is C17H34N4OS. The number of hydrogen-bond acceptors (Lipinski definition) is 4. The third-order valence-electron chi connectivity index (χ3n) is 4.71. The molecule has 2 fully saturated rings. The van der Waals surface area contributed by atoms with Crippen LogP contribution in [0.1, 0.15) is 46.0 Å².